The molecule has 0 aromatic carbocycles. The van der Waals surface area contributed by atoms with Crippen LogP contribution in [0.2, 0.25) is 5.02 Å². The van der Waals surface area contributed by atoms with Crippen molar-refractivity contribution in [3.05, 3.63) is 14.9 Å². The number of hydrogen-bond acceptors (Lipinski definition) is 6. The molecule has 2 N–H and O–H groups in total. The van der Waals surface area contributed by atoms with Gasteiger partial charge in [-0.25, -0.2) is 16.8 Å². The number of sulfone groups is 1. The Balaban J connectivity index is 2.95. The van der Waals surface area contributed by atoms with Gasteiger partial charge in [0, 0.05) is 6.26 Å². The molecule has 1 aromatic heterocycles. The molecule has 1 atom stereocenters. The van der Waals surface area contributed by atoms with E-state index in [0.717, 1.165) is 17.6 Å². The molecule has 0 saturated heterocycles. The van der Waals surface area contributed by atoms with Crippen molar-refractivity contribution in [3.63, 3.8) is 0 Å². The highest BCUT2D eigenvalue weighted by molar-refractivity contribution is 9.11. The lowest BCUT2D eigenvalue weighted by molar-refractivity contribution is -0.139. The first-order valence-corrected chi connectivity index (χ1v) is 10.8. The molecule has 0 amide bonds. The second-order valence-electron chi connectivity index (χ2n) is 4.12. The SMILES string of the molecule is CS(=O)(=O)CCC(NS(=O)(=O)c1cc(Cl)c(Br)s1)C(=O)O. The Morgan fingerprint density at radius 3 is 2.43 bits per heavy atom. The minimum Gasteiger partial charge on any atom is -0.480 e. The molecule has 0 spiro atoms. The average molecular weight is 441 g/mol. The molecular formula is C9H11BrClNO6S3. The molecule has 1 rings (SSSR count). The lowest BCUT2D eigenvalue weighted by Crippen LogP contribution is -2.41. The van der Waals surface area contributed by atoms with E-state index in [1.807, 2.05) is 4.72 Å². The summed E-state index contributed by atoms with van der Waals surface area (Å²) < 4.78 is 48.4. The number of carboxylic acids is 1. The molecule has 0 fully saturated rings. The summed E-state index contributed by atoms with van der Waals surface area (Å²) in [5.74, 6) is -1.90. The zero-order valence-electron chi connectivity index (χ0n) is 10.5. The maximum Gasteiger partial charge on any atom is 0.321 e. The van der Waals surface area contributed by atoms with E-state index in [1.165, 1.54) is 6.07 Å². The van der Waals surface area contributed by atoms with Crippen LogP contribution in [0.1, 0.15) is 6.42 Å². The molecule has 12 heteroatoms. The van der Waals surface area contributed by atoms with Gasteiger partial charge in [0.25, 0.3) is 10.0 Å². The van der Waals surface area contributed by atoms with Crippen LogP contribution in [-0.2, 0) is 24.7 Å². The Hall–Kier alpha value is -0.200. The lowest BCUT2D eigenvalue weighted by atomic mass is 10.2. The van der Waals surface area contributed by atoms with Crippen molar-refractivity contribution in [2.45, 2.75) is 16.7 Å². The molecule has 1 heterocycles. The molecule has 0 aliphatic heterocycles. The highest BCUT2D eigenvalue weighted by Gasteiger charge is 2.28. The van der Waals surface area contributed by atoms with Gasteiger partial charge in [0.2, 0.25) is 0 Å². The third-order valence-corrected chi connectivity index (χ3v) is 7.66. The molecule has 0 aliphatic carbocycles. The number of halogens is 2. The summed E-state index contributed by atoms with van der Waals surface area (Å²) in [6.07, 6.45) is 0.574. The molecule has 1 unspecified atom stereocenters. The lowest BCUT2D eigenvalue weighted by Gasteiger charge is -2.13. The van der Waals surface area contributed by atoms with Crippen LogP contribution in [0, 0.1) is 0 Å². The van der Waals surface area contributed by atoms with Crippen LogP contribution >= 0.6 is 38.9 Å². The summed E-state index contributed by atoms with van der Waals surface area (Å²) in [6, 6.07) is -0.363. The van der Waals surface area contributed by atoms with Gasteiger partial charge in [0.1, 0.15) is 20.1 Å². The Bertz CT molecular complexity index is 722. The van der Waals surface area contributed by atoms with E-state index in [1.54, 1.807) is 0 Å². The molecule has 21 heavy (non-hydrogen) atoms. The number of sulfonamides is 1. The van der Waals surface area contributed by atoms with Gasteiger partial charge in [0.05, 0.1) is 14.6 Å². The van der Waals surface area contributed by atoms with E-state index in [4.69, 9.17) is 16.7 Å². The van der Waals surface area contributed by atoms with Gasteiger partial charge in [-0.15, -0.1) is 11.3 Å². The molecule has 7 nitrogen and oxygen atoms in total. The van der Waals surface area contributed by atoms with Crippen LogP contribution < -0.4 is 4.72 Å². The monoisotopic (exact) mass is 439 g/mol. The fourth-order valence-electron chi connectivity index (χ4n) is 1.27. The van der Waals surface area contributed by atoms with Crippen LogP contribution in [0.15, 0.2) is 14.1 Å². The molecule has 0 radical (unpaired) electrons. The number of hydrogen-bond donors (Lipinski definition) is 2. The topological polar surface area (TPSA) is 118 Å². The van der Waals surface area contributed by atoms with Gasteiger partial charge in [-0.05, 0) is 28.4 Å². The Labute approximate surface area is 139 Å². The summed E-state index contributed by atoms with van der Waals surface area (Å²) in [7, 11) is -7.50. The standard InChI is InChI=1S/C9H11BrClNO6S3/c1-20(15,16)3-2-6(9(13)14)12-21(17,18)7-4-5(11)8(10)19-7/h4,6,12H,2-3H2,1H3,(H,13,14). The van der Waals surface area contributed by atoms with Crippen molar-refractivity contribution in [2.75, 3.05) is 12.0 Å². The minimum absolute atomic E-state index is 0.162. The largest absolute Gasteiger partial charge is 0.480 e. The highest BCUT2D eigenvalue weighted by Crippen LogP contribution is 2.34. The highest BCUT2D eigenvalue weighted by atomic mass is 79.9. The van der Waals surface area contributed by atoms with Crippen molar-refractivity contribution in [1.82, 2.24) is 4.72 Å². The van der Waals surface area contributed by atoms with E-state index < -0.39 is 37.6 Å². The Morgan fingerprint density at radius 1 is 1.48 bits per heavy atom. The van der Waals surface area contributed by atoms with Crippen LogP contribution in [0.4, 0.5) is 0 Å². The summed E-state index contributed by atoms with van der Waals surface area (Å²) in [5, 5.41) is 9.17. The molecule has 0 saturated carbocycles. The summed E-state index contributed by atoms with van der Waals surface area (Å²) in [6.45, 7) is 0. The van der Waals surface area contributed by atoms with Gasteiger partial charge in [-0.3, -0.25) is 4.79 Å². The summed E-state index contributed by atoms with van der Waals surface area (Å²) in [4.78, 5) is 11.0. The molecule has 120 valence electrons. The van der Waals surface area contributed by atoms with Crippen molar-refractivity contribution >= 4 is 64.7 Å². The quantitative estimate of drug-likeness (QED) is 0.660. The van der Waals surface area contributed by atoms with Crippen LogP contribution in [0.5, 0.6) is 0 Å². The van der Waals surface area contributed by atoms with Crippen LogP contribution in [0.3, 0.4) is 0 Å². The second-order valence-corrected chi connectivity index (χ2v) is 11.1. The zero-order chi connectivity index (χ0) is 16.4. The maximum absolute atomic E-state index is 12.0. The molecular weight excluding hydrogens is 430 g/mol. The van der Waals surface area contributed by atoms with Crippen molar-refractivity contribution < 1.29 is 26.7 Å². The molecule has 0 bridgehead atoms. The number of carbonyl (C=O) groups is 1. The molecule has 0 aliphatic rings. The normalized spacial score (nSPS) is 14.0. The van der Waals surface area contributed by atoms with Crippen LogP contribution in [0.25, 0.3) is 0 Å². The van der Waals surface area contributed by atoms with Gasteiger partial charge < -0.3 is 5.11 Å². The predicted octanol–water partition coefficient (Wildman–Crippen LogP) is 1.33. The van der Waals surface area contributed by atoms with Gasteiger partial charge in [0.15, 0.2) is 0 Å². The first-order valence-electron chi connectivity index (χ1n) is 5.30. The average Bonchev–Trinajstić information content (AvgIpc) is 2.64. The number of nitrogens with one attached hydrogen (secondary N) is 1. The van der Waals surface area contributed by atoms with Gasteiger partial charge in [-0.2, -0.15) is 4.72 Å². The van der Waals surface area contributed by atoms with Crippen molar-refractivity contribution in [2.24, 2.45) is 0 Å². The van der Waals surface area contributed by atoms with E-state index in [0.29, 0.717) is 3.79 Å². The van der Waals surface area contributed by atoms with Crippen molar-refractivity contribution in [3.8, 4) is 0 Å². The summed E-state index contributed by atoms with van der Waals surface area (Å²) in [5.41, 5.74) is 0. The first-order chi connectivity index (χ1) is 9.42. The number of aliphatic carboxylic acids is 1. The van der Waals surface area contributed by atoms with Gasteiger partial charge in [-0.1, -0.05) is 11.6 Å². The number of carboxylic acid groups (broad SMARTS) is 1. The number of thiophene rings is 1. The minimum atomic E-state index is -4.10. The smallest absolute Gasteiger partial charge is 0.321 e. The number of rotatable bonds is 7. The van der Waals surface area contributed by atoms with Crippen molar-refractivity contribution in [1.29, 1.82) is 0 Å². The van der Waals surface area contributed by atoms with Crippen LogP contribution in [-0.4, -0.2) is 46.0 Å². The van der Waals surface area contributed by atoms with E-state index >= 15 is 0 Å². The second kappa shape index (κ2) is 6.92. The third-order valence-electron chi connectivity index (χ3n) is 2.26. The van der Waals surface area contributed by atoms with E-state index in [-0.39, 0.29) is 15.7 Å². The zero-order valence-corrected chi connectivity index (χ0v) is 15.3. The van der Waals surface area contributed by atoms with Gasteiger partial charge >= 0.3 is 5.97 Å². The molecule has 1 aromatic rings. The predicted molar refractivity (Wildman–Crippen MR) is 83.1 cm³/mol. The fraction of sp³-hybridized carbons (Fsp3) is 0.444. The Kier molecular flexibility index (Phi) is 6.21. The fourth-order valence-corrected chi connectivity index (χ4v) is 5.57. The van der Waals surface area contributed by atoms with E-state index in [2.05, 4.69) is 15.9 Å². The first kappa shape index (κ1) is 18.8. The third kappa shape index (κ3) is 5.83. The summed E-state index contributed by atoms with van der Waals surface area (Å²) >= 11 is 9.61. The van der Waals surface area contributed by atoms with E-state index in [9.17, 15) is 21.6 Å². The Morgan fingerprint density at radius 2 is 2.05 bits per heavy atom. The maximum atomic E-state index is 12.0.